The monoisotopic (exact) mass is 381 g/mol. The van der Waals surface area contributed by atoms with Crippen LogP contribution in [0.5, 0.6) is 0 Å². The molecule has 0 radical (unpaired) electrons. The molecular formula is C20H23N5O3. The van der Waals surface area contributed by atoms with Gasteiger partial charge in [0.15, 0.2) is 11.2 Å². The van der Waals surface area contributed by atoms with Gasteiger partial charge in [0.25, 0.3) is 5.56 Å². The molecule has 0 bridgehead atoms. The topological polar surface area (TPSA) is 86.5 Å². The van der Waals surface area contributed by atoms with Gasteiger partial charge in [-0.3, -0.25) is 18.3 Å². The molecule has 8 nitrogen and oxygen atoms in total. The summed E-state index contributed by atoms with van der Waals surface area (Å²) in [6, 6.07) is 9.78. The Morgan fingerprint density at radius 2 is 1.71 bits per heavy atom. The van der Waals surface area contributed by atoms with Crippen LogP contribution in [0.3, 0.4) is 0 Å². The third-order valence-corrected chi connectivity index (χ3v) is 5.42. The Labute approximate surface area is 160 Å². The normalized spacial score (nSPS) is 11.7. The number of nitrogens with zero attached hydrogens (tertiary/aromatic N) is 5. The van der Waals surface area contributed by atoms with E-state index in [1.807, 2.05) is 48.7 Å². The van der Waals surface area contributed by atoms with Crippen LogP contribution in [0.2, 0.25) is 0 Å². The highest BCUT2D eigenvalue weighted by atomic mass is 16.3. The van der Waals surface area contributed by atoms with Crippen molar-refractivity contribution >= 4 is 16.9 Å². The molecular weight excluding hydrogens is 358 g/mol. The van der Waals surface area contributed by atoms with Crippen molar-refractivity contribution in [1.82, 2.24) is 23.1 Å². The van der Waals surface area contributed by atoms with Gasteiger partial charge in [-0.15, -0.1) is 0 Å². The van der Waals surface area contributed by atoms with E-state index in [0.717, 1.165) is 17.0 Å². The molecule has 0 saturated heterocycles. The zero-order chi connectivity index (χ0) is 20.0. The Bertz CT molecular complexity index is 1290. The van der Waals surface area contributed by atoms with E-state index in [0.29, 0.717) is 36.5 Å². The number of hydrogen-bond acceptors (Lipinski definition) is 4. The summed E-state index contributed by atoms with van der Waals surface area (Å²) >= 11 is 0. The second kappa shape index (κ2) is 6.79. The number of benzene rings is 1. The average molecular weight is 381 g/mol. The van der Waals surface area contributed by atoms with Crippen LogP contribution in [0, 0.1) is 13.8 Å². The maximum absolute atomic E-state index is 13.3. The molecule has 1 aromatic carbocycles. The van der Waals surface area contributed by atoms with Crippen LogP contribution >= 0.6 is 0 Å². The van der Waals surface area contributed by atoms with Crippen LogP contribution in [0.1, 0.15) is 17.0 Å². The fraction of sp³-hybridized carbons (Fsp3) is 0.350. The summed E-state index contributed by atoms with van der Waals surface area (Å²) in [6.45, 7) is 4.49. The minimum Gasteiger partial charge on any atom is -0.395 e. The van der Waals surface area contributed by atoms with Gasteiger partial charge in [-0.25, -0.2) is 4.79 Å². The van der Waals surface area contributed by atoms with E-state index in [1.54, 1.807) is 11.4 Å². The van der Waals surface area contributed by atoms with Gasteiger partial charge >= 0.3 is 5.69 Å². The molecule has 4 rings (SSSR count). The summed E-state index contributed by atoms with van der Waals surface area (Å²) in [6.07, 6.45) is 0.590. The number of hydrogen-bond donors (Lipinski definition) is 1. The quantitative estimate of drug-likeness (QED) is 0.559. The Kier molecular flexibility index (Phi) is 4.43. The van der Waals surface area contributed by atoms with Crippen LogP contribution < -0.4 is 11.2 Å². The van der Waals surface area contributed by atoms with E-state index < -0.39 is 0 Å². The number of aryl methyl sites for hydroxylation is 3. The molecule has 0 aliphatic carbocycles. The maximum atomic E-state index is 13.3. The van der Waals surface area contributed by atoms with Crippen molar-refractivity contribution in [2.24, 2.45) is 7.05 Å². The average Bonchev–Trinajstić information content (AvgIpc) is 3.19. The van der Waals surface area contributed by atoms with Gasteiger partial charge < -0.3 is 9.67 Å². The molecule has 3 heterocycles. The lowest BCUT2D eigenvalue weighted by Gasteiger charge is -2.08. The minimum atomic E-state index is -0.378. The molecule has 0 atom stereocenters. The first-order valence-corrected chi connectivity index (χ1v) is 9.28. The smallest absolute Gasteiger partial charge is 0.332 e. The zero-order valence-electron chi connectivity index (χ0n) is 16.2. The fourth-order valence-corrected chi connectivity index (χ4v) is 3.77. The Balaban J connectivity index is 1.95. The third-order valence-electron chi connectivity index (χ3n) is 5.42. The third kappa shape index (κ3) is 2.60. The Morgan fingerprint density at radius 3 is 2.39 bits per heavy atom. The van der Waals surface area contributed by atoms with Gasteiger partial charge in [-0.05, 0) is 25.8 Å². The Morgan fingerprint density at radius 1 is 1.00 bits per heavy atom. The molecule has 0 spiro atoms. The largest absolute Gasteiger partial charge is 0.395 e. The summed E-state index contributed by atoms with van der Waals surface area (Å²) < 4.78 is 6.36. The van der Waals surface area contributed by atoms with Crippen LogP contribution in [0.15, 0.2) is 39.9 Å². The number of aromatic nitrogens is 5. The lowest BCUT2D eigenvalue weighted by molar-refractivity contribution is 0.276. The first-order valence-electron chi connectivity index (χ1n) is 9.28. The SMILES string of the molecule is Cc1c(C)n2c3c(=O)n(CCc4ccccc4)c(=O)n(C)c3nc2n1CCO. The van der Waals surface area contributed by atoms with Crippen molar-refractivity contribution in [3.05, 3.63) is 68.1 Å². The first kappa shape index (κ1) is 18.2. The van der Waals surface area contributed by atoms with Crippen molar-refractivity contribution in [3.63, 3.8) is 0 Å². The molecule has 3 aromatic heterocycles. The number of imidazole rings is 2. The van der Waals surface area contributed by atoms with E-state index in [9.17, 15) is 14.7 Å². The van der Waals surface area contributed by atoms with E-state index >= 15 is 0 Å². The molecule has 1 N–H and O–H groups in total. The van der Waals surface area contributed by atoms with Crippen molar-refractivity contribution < 1.29 is 5.11 Å². The van der Waals surface area contributed by atoms with Gasteiger partial charge in [0.1, 0.15) is 0 Å². The summed E-state index contributed by atoms with van der Waals surface area (Å²) in [4.78, 5) is 30.6. The van der Waals surface area contributed by atoms with Gasteiger partial charge in [0.05, 0.1) is 6.61 Å². The molecule has 0 saturated carbocycles. The zero-order valence-corrected chi connectivity index (χ0v) is 16.2. The molecule has 0 fully saturated rings. The van der Waals surface area contributed by atoms with E-state index in [1.165, 1.54) is 9.13 Å². The summed E-state index contributed by atoms with van der Waals surface area (Å²) in [7, 11) is 1.63. The molecule has 146 valence electrons. The van der Waals surface area contributed by atoms with Gasteiger partial charge in [0.2, 0.25) is 5.78 Å². The number of fused-ring (bicyclic) bond motifs is 3. The predicted octanol–water partition coefficient (Wildman–Crippen LogP) is 1.00. The standard InChI is InChI=1S/C20H23N5O3/c1-13-14(2)25-16-17(21-19(25)23(13)11-12-26)22(3)20(28)24(18(16)27)10-9-15-7-5-4-6-8-15/h4-8,26H,9-12H2,1-3H3. The van der Waals surface area contributed by atoms with Crippen molar-refractivity contribution in [1.29, 1.82) is 0 Å². The van der Waals surface area contributed by atoms with Crippen molar-refractivity contribution in [3.8, 4) is 0 Å². The van der Waals surface area contributed by atoms with Crippen molar-refractivity contribution in [2.75, 3.05) is 6.61 Å². The lowest BCUT2D eigenvalue weighted by Crippen LogP contribution is -2.39. The first-order chi connectivity index (χ1) is 13.5. The second-order valence-corrected chi connectivity index (χ2v) is 7.00. The predicted molar refractivity (Wildman–Crippen MR) is 107 cm³/mol. The fourth-order valence-electron chi connectivity index (χ4n) is 3.77. The second-order valence-electron chi connectivity index (χ2n) is 7.00. The summed E-state index contributed by atoms with van der Waals surface area (Å²) in [5.74, 6) is 0.562. The van der Waals surface area contributed by atoms with Crippen LogP contribution in [0.25, 0.3) is 16.9 Å². The molecule has 0 unspecified atom stereocenters. The van der Waals surface area contributed by atoms with Gasteiger partial charge in [0, 0.05) is 31.5 Å². The Hall–Kier alpha value is -3.13. The van der Waals surface area contributed by atoms with E-state index in [-0.39, 0.29) is 17.9 Å². The molecule has 0 amide bonds. The molecule has 4 aromatic rings. The van der Waals surface area contributed by atoms with Gasteiger partial charge in [-0.1, -0.05) is 30.3 Å². The molecule has 28 heavy (non-hydrogen) atoms. The highest BCUT2D eigenvalue weighted by Crippen LogP contribution is 2.20. The van der Waals surface area contributed by atoms with Crippen molar-refractivity contribution in [2.45, 2.75) is 33.4 Å². The number of aliphatic hydroxyl groups is 1. The minimum absolute atomic E-state index is 0.0337. The van der Waals surface area contributed by atoms with Crippen LogP contribution in [-0.2, 0) is 26.6 Å². The highest BCUT2D eigenvalue weighted by molar-refractivity contribution is 5.76. The summed E-state index contributed by atoms with van der Waals surface area (Å²) in [5, 5.41) is 9.38. The van der Waals surface area contributed by atoms with Crippen LogP contribution in [-0.4, -0.2) is 34.8 Å². The maximum Gasteiger partial charge on any atom is 0.332 e. The van der Waals surface area contributed by atoms with E-state index in [4.69, 9.17) is 0 Å². The molecule has 0 aliphatic rings. The molecule has 0 aliphatic heterocycles. The number of aliphatic hydroxyl groups excluding tert-OH is 1. The summed E-state index contributed by atoms with van der Waals surface area (Å²) in [5.41, 5.74) is 2.90. The van der Waals surface area contributed by atoms with Crippen LogP contribution in [0.4, 0.5) is 0 Å². The lowest BCUT2D eigenvalue weighted by atomic mass is 10.1. The van der Waals surface area contributed by atoms with Gasteiger partial charge in [-0.2, -0.15) is 4.98 Å². The number of rotatable bonds is 5. The highest BCUT2D eigenvalue weighted by Gasteiger charge is 2.22. The van der Waals surface area contributed by atoms with E-state index in [2.05, 4.69) is 4.98 Å². The molecule has 8 heteroatoms.